The molecule has 0 heterocycles. The maximum atomic E-state index is 11.8. The summed E-state index contributed by atoms with van der Waals surface area (Å²) in [6.07, 6.45) is 9.00. The predicted octanol–water partition coefficient (Wildman–Crippen LogP) is 3.65. The Balaban J connectivity index is 4.02. The van der Waals surface area contributed by atoms with Gasteiger partial charge in [-0.25, -0.2) is 0 Å². The maximum Gasteiger partial charge on any atom is 0.309 e. The number of hydrogen-bond donors (Lipinski definition) is 2. The van der Waals surface area contributed by atoms with Gasteiger partial charge in [0.25, 0.3) is 0 Å². The predicted molar refractivity (Wildman–Crippen MR) is 92.6 cm³/mol. The van der Waals surface area contributed by atoms with Crippen molar-refractivity contribution in [3.63, 3.8) is 0 Å². The summed E-state index contributed by atoms with van der Waals surface area (Å²) < 4.78 is 0. The molecule has 0 aliphatic heterocycles. The zero-order chi connectivity index (χ0) is 16.8. The molecule has 0 bridgehead atoms. The van der Waals surface area contributed by atoms with Gasteiger partial charge in [-0.1, -0.05) is 66.2 Å². The molecule has 4 heteroatoms. The summed E-state index contributed by atoms with van der Waals surface area (Å²) in [7, 11) is 0. The van der Waals surface area contributed by atoms with E-state index in [4.69, 9.17) is 0 Å². The van der Waals surface area contributed by atoms with E-state index in [9.17, 15) is 9.59 Å². The van der Waals surface area contributed by atoms with Crippen molar-refractivity contribution in [3.05, 3.63) is 0 Å². The fourth-order valence-electron chi connectivity index (χ4n) is 2.52. The first-order chi connectivity index (χ1) is 10.6. The molecule has 0 aromatic rings. The zero-order valence-electron chi connectivity index (χ0n) is 15.0. The van der Waals surface area contributed by atoms with Crippen molar-refractivity contribution in [2.45, 2.75) is 79.1 Å². The van der Waals surface area contributed by atoms with E-state index in [1.165, 1.54) is 25.7 Å². The molecule has 0 aromatic carbocycles. The first-order valence-electron chi connectivity index (χ1n) is 9.14. The fourth-order valence-corrected chi connectivity index (χ4v) is 2.52. The first-order valence-corrected chi connectivity index (χ1v) is 9.14. The number of nitrogens with one attached hydrogen (secondary N) is 2. The van der Waals surface area contributed by atoms with E-state index in [2.05, 4.69) is 38.3 Å². The van der Waals surface area contributed by atoms with Gasteiger partial charge in [-0.15, -0.1) is 0 Å². The van der Waals surface area contributed by atoms with Gasteiger partial charge in [0.2, 0.25) is 0 Å². The average Bonchev–Trinajstić information content (AvgIpc) is 2.54. The average molecular weight is 312 g/mol. The highest BCUT2D eigenvalue weighted by Gasteiger charge is 2.16. The minimum Gasteiger partial charge on any atom is -0.348 e. The standard InChI is InChI=1S/C18H36N2O2/c1-5-9-11-15(7-3)13-19-17(21)18(22)20-14-16(8-4)12-10-6-2/h15-16H,5-14H2,1-4H3,(H,19,21)(H,20,22). The van der Waals surface area contributed by atoms with Crippen LogP contribution in [0.1, 0.15) is 79.1 Å². The molecule has 2 atom stereocenters. The van der Waals surface area contributed by atoms with Crippen LogP contribution in [0.2, 0.25) is 0 Å². The third-order valence-corrected chi connectivity index (χ3v) is 4.40. The van der Waals surface area contributed by atoms with Crippen LogP contribution in [0.5, 0.6) is 0 Å². The highest BCUT2D eigenvalue weighted by molar-refractivity contribution is 6.35. The number of rotatable bonds is 12. The van der Waals surface area contributed by atoms with Gasteiger partial charge in [0.05, 0.1) is 0 Å². The molecule has 22 heavy (non-hydrogen) atoms. The van der Waals surface area contributed by atoms with Crippen LogP contribution in [-0.2, 0) is 9.59 Å². The topological polar surface area (TPSA) is 58.2 Å². The lowest BCUT2D eigenvalue weighted by atomic mass is 9.99. The number of hydrogen-bond acceptors (Lipinski definition) is 2. The second-order valence-electron chi connectivity index (χ2n) is 6.25. The summed E-state index contributed by atoms with van der Waals surface area (Å²) in [5, 5.41) is 5.55. The molecule has 4 nitrogen and oxygen atoms in total. The maximum absolute atomic E-state index is 11.8. The van der Waals surface area contributed by atoms with Crippen molar-refractivity contribution >= 4 is 11.8 Å². The smallest absolute Gasteiger partial charge is 0.309 e. The summed E-state index contributed by atoms with van der Waals surface area (Å²) in [5.74, 6) is -0.0186. The van der Waals surface area contributed by atoms with E-state index in [1.54, 1.807) is 0 Å². The molecule has 0 rings (SSSR count). The highest BCUT2D eigenvalue weighted by atomic mass is 16.2. The Morgan fingerprint density at radius 2 is 1.09 bits per heavy atom. The monoisotopic (exact) mass is 312 g/mol. The number of carbonyl (C=O) groups excluding carboxylic acids is 2. The van der Waals surface area contributed by atoms with E-state index < -0.39 is 11.8 Å². The number of unbranched alkanes of at least 4 members (excludes halogenated alkanes) is 2. The summed E-state index contributed by atoms with van der Waals surface area (Å²) in [4.78, 5) is 23.7. The number of amides is 2. The molecular formula is C18H36N2O2. The molecule has 2 unspecified atom stereocenters. The molecule has 0 aliphatic rings. The molecule has 0 fully saturated rings. The largest absolute Gasteiger partial charge is 0.348 e. The molecule has 2 N–H and O–H groups in total. The van der Waals surface area contributed by atoms with Gasteiger partial charge >= 0.3 is 11.8 Å². The van der Waals surface area contributed by atoms with E-state index in [0.717, 1.165) is 25.7 Å². The van der Waals surface area contributed by atoms with Crippen molar-refractivity contribution in [1.29, 1.82) is 0 Å². The van der Waals surface area contributed by atoms with Crippen molar-refractivity contribution < 1.29 is 9.59 Å². The van der Waals surface area contributed by atoms with Crippen LogP contribution in [0.4, 0.5) is 0 Å². The van der Waals surface area contributed by atoms with E-state index >= 15 is 0 Å². The van der Waals surface area contributed by atoms with Crippen LogP contribution in [0.25, 0.3) is 0 Å². The zero-order valence-corrected chi connectivity index (χ0v) is 15.0. The van der Waals surface area contributed by atoms with Gasteiger partial charge < -0.3 is 10.6 Å². The van der Waals surface area contributed by atoms with Gasteiger partial charge in [-0.05, 0) is 24.7 Å². The Labute approximate surface area is 136 Å². The lowest BCUT2D eigenvalue weighted by Gasteiger charge is -2.17. The quantitative estimate of drug-likeness (QED) is 0.540. The Bertz CT molecular complexity index is 275. The van der Waals surface area contributed by atoms with Crippen LogP contribution in [-0.4, -0.2) is 24.9 Å². The van der Waals surface area contributed by atoms with Crippen molar-refractivity contribution in [3.8, 4) is 0 Å². The third kappa shape index (κ3) is 9.80. The number of carbonyl (C=O) groups is 2. The molecule has 2 amide bonds. The second kappa shape index (κ2) is 13.6. The van der Waals surface area contributed by atoms with Gasteiger partial charge in [0, 0.05) is 13.1 Å². The molecule has 0 saturated carbocycles. The first kappa shape index (κ1) is 20.9. The molecule has 0 spiro atoms. The van der Waals surface area contributed by atoms with Crippen molar-refractivity contribution in [2.75, 3.05) is 13.1 Å². The minimum absolute atomic E-state index is 0.477. The summed E-state index contributed by atoms with van der Waals surface area (Å²) in [6.45, 7) is 9.81. The Kier molecular flexibility index (Phi) is 12.9. The van der Waals surface area contributed by atoms with Crippen molar-refractivity contribution in [1.82, 2.24) is 10.6 Å². The van der Waals surface area contributed by atoms with Crippen LogP contribution in [0, 0.1) is 11.8 Å². The van der Waals surface area contributed by atoms with Gasteiger partial charge in [0.1, 0.15) is 0 Å². The normalized spacial score (nSPS) is 13.5. The molecule has 0 aromatic heterocycles. The van der Waals surface area contributed by atoms with Crippen LogP contribution in [0.15, 0.2) is 0 Å². The molecular weight excluding hydrogens is 276 g/mol. The van der Waals surface area contributed by atoms with Gasteiger partial charge in [-0.3, -0.25) is 9.59 Å². The second-order valence-corrected chi connectivity index (χ2v) is 6.25. The fraction of sp³-hybridized carbons (Fsp3) is 0.889. The van der Waals surface area contributed by atoms with Crippen LogP contribution < -0.4 is 10.6 Å². The van der Waals surface area contributed by atoms with E-state index in [-0.39, 0.29) is 0 Å². The van der Waals surface area contributed by atoms with Gasteiger partial charge in [-0.2, -0.15) is 0 Å². The lowest BCUT2D eigenvalue weighted by molar-refractivity contribution is -0.139. The van der Waals surface area contributed by atoms with E-state index in [1.807, 2.05) is 0 Å². The van der Waals surface area contributed by atoms with Crippen LogP contribution >= 0.6 is 0 Å². The molecule has 0 saturated heterocycles. The Morgan fingerprint density at radius 1 is 0.727 bits per heavy atom. The highest BCUT2D eigenvalue weighted by Crippen LogP contribution is 2.12. The summed E-state index contributed by atoms with van der Waals surface area (Å²) in [5.41, 5.74) is 0. The Hall–Kier alpha value is -1.06. The summed E-state index contributed by atoms with van der Waals surface area (Å²) >= 11 is 0. The lowest BCUT2D eigenvalue weighted by Crippen LogP contribution is -2.43. The Morgan fingerprint density at radius 3 is 1.36 bits per heavy atom. The SMILES string of the molecule is CCCCC(CC)CNC(=O)C(=O)NCC(CC)CCCC. The van der Waals surface area contributed by atoms with Crippen LogP contribution in [0.3, 0.4) is 0 Å². The van der Waals surface area contributed by atoms with Crippen molar-refractivity contribution in [2.24, 2.45) is 11.8 Å². The summed E-state index contributed by atoms with van der Waals surface area (Å²) in [6, 6.07) is 0. The molecule has 0 radical (unpaired) electrons. The minimum atomic E-state index is -0.486. The molecule has 130 valence electrons. The third-order valence-electron chi connectivity index (χ3n) is 4.40. The van der Waals surface area contributed by atoms with E-state index in [0.29, 0.717) is 24.9 Å². The van der Waals surface area contributed by atoms with Gasteiger partial charge in [0.15, 0.2) is 0 Å². The molecule has 0 aliphatic carbocycles.